The second-order valence-electron chi connectivity index (χ2n) is 8.16. The molecule has 3 rings (SSSR count). The highest BCUT2D eigenvalue weighted by Gasteiger charge is 2.24. The van der Waals surface area contributed by atoms with E-state index in [2.05, 4.69) is 55.3 Å². The van der Waals surface area contributed by atoms with Gasteiger partial charge >= 0.3 is 0 Å². The molecule has 0 aromatic heterocycles. The Bertz CT molecular complexity index is 626. The van der Waals surface area contributed by atoms with Crippen LogP contribution in [-0.2, 0) is 9.47 Å². The molecule has 0 bridgehead atoms. The number of hydrogen-bond acceptors (Lipinski definition) is 3. The first kappa shape index (κ1) is 24.4. The zero-order chi connectivity index (χ0) is 19.8. The van der Waals surface area contributed by atoms with Crippen LogP contribution in [0.15, 0.2) is 29.3 Å². The summed E-state index contributed by atoms with van der Waals surface area (Å²) < 4.78 is 11.8. The number of aryl methyl sites for hydroxylation is 1. The number of piperidine rings is 1. The Morgan fingerprint density at radius 2 is 2.10 bits per heavy atom. The number of aliphatic imine (C=N–C) groups is 1. The van der Waals surface area contributed by atoms with Crippen molar-refractivity contribution in [3.8, 4) is 0 Å². The standard InChI is InChI=1S/C23H37N3O2.HI/c1-4-24-23(25-16-19(3)20-8-5-7-18(2)15-20)26-12-10-21(11-13-26)28-17-22-9-6-14-27-22;/h5,7-8,15,19,21-22H,4,6,9-14,16-17H2,1-3H3,(H,24,25);1H. The van der Waals surface area contributed by atoms with Crippen LogP contribution in [0.2, 0.25) is 0 Å². The molecular formula is C23H38IN3O2. The molecule has 2 atom stereocenters. The lowest BCUT2D eigenvalue weighted by Gasteiger charge is -2.34. The number of rotatable bonds is 7. The van der Waals surface area contributed by atoms with E-state index in [0.717, 1.165) is 64.6 Å². The minimum absolute atomic E-state index is 0. The van der Waals surface area contributed by atoms with Crippen molar-refractivity contribution in [2.45, 2.75) is 64.6 Å². The van der Waals surface area contributed by atoms with Crippen LogP contribution < -0.4 is 5.32 Å². The van der Waals surface area contributed by atoms with Crippen molar-refractivity contribution in [3.05, 3.63) is 35.4 Å². The quantitative estimate of drug-likeness (QED) is 0.334. The molecule has 1 aromatic rings. The summed E-state index contributed by atoms with van der Waals surface area (Å²) in [6.45, 7) is 11.9. The van der Waals surface area contributed by atoms with Crippen LogP contribution in [0.5, 0.6) is 0 Å². The van der Waals surface area contributed by atoms with Gasteiger partial charge in [0.25, 0.3) is 0 Å². The molecule has 2 saturated heterocycles. The predicted octanol–water partition coefficient (Wildman–Crippen LogP) is 4.34. The van der Waals surface area contributed by atoms with Crippen molar-refractivity contribution in [2.75, 3.05) is 39.4 Å². The van der Waals surface area contributed by atoms with Crippen LogP contribution >= 0.6 is 24.0 Å². The number of nitrogens with one attached hydrogen (secondary N) is 1. The Morgan fingerprint density at radius 3 is 2.76 bits per heavy atom. The normalized spacial score (nSPS) is 21.7. The number of benzene rings is 1. The molecule has 0 aliphatic carbocycles. The van der Waals surface area contributed by atoms with Crippen molar-refractivity contribution in [2.24, 2.45) is 4.99 Å². The number of ether oxygens (including phenoxy) is 2. The molecule has 5 nitrogen and oxygen atoms in total. The average Bonchev–Trinajstić information content (AvgIpc) is 3.23. The molecular weight excluding hydrogens is 477 g/mol. The Balaban J connectivity index is 0.00000300. The molecule has 2 unspecified atom stereocenters. The Labute approximate surface area is 193 Å². The number of hydrogen-bond donors (Lipinski definition) is 1. The lowest BCUT2D eigenvalue weighted by molar-refractivity contribution is -0.0367. The predicted molar refractivity (Wildman–Crippen MR) is 131 cm³/mol. The number of guanidine groups is 1. The van der Waals surface area contributed by atoms with E-state index in [-0.39, 0.29) is 24.0 Å². The van der Waals surface area contributed by atoms with Gasteiger partial charge < -0.3 is 19.7 Å². The van der Waals surface area contributed by atoms with Gasteiger partial charge in [-0.3, -0.25) is 4.99 Å². The van der Waals surface area contributed by atoms with Crippen LogP contribution in [0, 0.1) is 6.92 Å². The van der Waals surface area contributed by atoms with Crippen LogP contribution in [0.3, 0.4) is 0 Å². The van der Waals surface area contributed by atoms with E-state index < -0.39 is 0 Å². The van der Waals surface area contributed by atoms with Gasteiger partial charge in [-0.1, -0.05) is 36.8 Å². The van der Waals surface area contributed by atoms with Gasteiger partial charge in [0.15, 0.2) is 5.96 Å². The molecule has 2 fully saturated rings. The van der Waals surface area contributed by atoms with Gasteiger partial charge in [0.1, 0.15) is 0 Å². The van der Waals surface area contributed by atoms with Crippen LogP contribution in [0.1, 0.15) is 56.6 Å². The van der Waals surface area contributed by atoms with Crippen molar-refractivity contribution < 1.29 is 9.47 Å². The van der Waals surface area contributed by atoms with E-state index in [0.29, 0.717) is 18.1 Å². The lowest BCUT2D eigenvalue weighted by Crippen LogP contribution is -2.47. The van der Waals surface area contributed by atoms with Gasteiger partial charge in [-0.25, -0.2) is 0 Å². The van der Waals surface area contributed by atoms with E-state index in [1.165, 1.54) is 17.5 Å². The minimum atomic E-state index is 0. The molecule has 164 valence electrons. The fourth-order valence-electron chi connectivity index (χ4n) is 3.98. The van der Waals surface area contributed by atoms with Gasteiger partial charge in [0.2, 0.25) is 0 Å². The average molecular weight is 515 g/mol. The monoisotopic (exact) mass is 515 g/mol. The summed E-state index contributed by atoms with van der Waals surface area (Å²) in [4.78, 5) is 7.34. The smallest absolute Gasteiger partial charge is 0.193 e. The zero-order valence-electron chi connectivity index (χ0n) is 18.2. The first-order chi connectivity index (χ1) is 13.7. The summed E-state index contributed by atoms with van der Waals surface area (Å²) in [7, 11) is 0. The zero-order valence-corrected chi connectivity index (χ0v) is 20.6. The van der Waals surface area contributed by atoms with Gasteiger partial charge in [-0.15, -0.1) is 24.0 Å². The molecule has 0 spiro atoms. The summed E-state index contributed by atoms with van der Waals surface area (Å²) in [5.41, 5.74) is 2.67. The highest BCUT2D eigenvalue weighted by Crippen LogP contribution is 2.19. The molecule has 6 heteroatoms. The van der Waals surface area contributed by atoms with E-state index in [9.17, 15) is 0 Å². The number of halogens is 1. The summed E-state index contributed by atoms with van der Waals surface area (Å²) >= 11 is 0. The summed E-state index contributed by atoms with van der Waals surface area (Å²) in [6, 6.07) is 8.76. The Morgan fingerprint density at radius 1 is 1.31 bits per heavy atom. The van der Waals surface area contributed by atoms with Gasteiger partial charge in [-0.05, 0) is 45.1 Å². The van der Waals surface area contributed by atoms with Gasteiger partial charge in [-0.2, -0.15) is 0 Å². The fourth-order valence-corrected chi connectivity index (χ4v) is 3.98. The molecule has 0 radical (unpaired) electrons. The van der Waals surface area contributed by atoms with E-state index in [4.69, 9.17) is 14.5 Å². The van der Waals surface area contributed by atoms with Crippen molar-refractivity contribution in [1.29, 1.82) is 0 Å². The SMILES string of the molecule is CCNC(=NCC(C)c1cccc(C)c1)N1CCC(OCC2CCCO2)CC1.I. The molecule has 1 N–H and O–H groups in total. The highest BCUT2D eigenvalue weighted by atomic mass is 127. The molecule has 2 aliphatic rings. The molecule has 0 amide bonds. The maximum Gasteiger partial charge on any atom is 0.193 e. The summed E-state index contributed by atoms with van der Waals surface area (Å²) in [5, 5.41) is 3.48. The highest BCUT2D eigenvalue weighted by molar-refractivity contribution is 14.0. The largest absolute Gasteiger partial charge is 0.376 e. The maximum absolute atomic E-state index is 6.11. The van der Waals surface area contributed by atoms with E-state index in [1.807, 2.05) is 0 Å². The fraction of sp³-hybridized carbons (Fsp3) is 0.696. The maximum atomic E-state index is 6.11. The second-order valence-corrected chi connectivity index (χ2v) is 8.16. The third-order valence-corrected chi connectivity index (χ3v) is 5.74. The Hall–Kier alpha value is -0.860. The van der Waals surface area contributed by atoms with Gasteiger partial charge in [0, 0.05) is 38.7 Å². The van der Waals surface area contributed by atoms with Crippen LogP contribution in [0.25, 0.3) is 0 Å². The lowest BCUT2D eigenvalue weighted by atomic mass is 10.00. The van der Waals surface area contributed by atoms with Crippen molar-refractivity contribution in [3.63, 3.8) is 0 Å². The van der Waals surface area contributed by atoms with Crippen molar-refractivity contribution in [1.82, 2.24) is 10.2 Å². The third kappa shape index (κ3) is 7.72. The molecule has 0 saturated carbocycles. The Kier molecular flexibility index (Phi) is 10.7. The molecule has 1 aromatic carbocycles. The molecule has 2 heterocycles. The summed E-state index contributed by atoms with van der Waals surface area (Å²) in [6.07, 6.45) is 5.12. The molecule has 2 aliphatic heterocycles. The van der Waals surface area contributed by atoms with Crippen LogP contribution in [-0.4, -0.2) is 62.5 Å². The topological polar surface area (TPSA) is 46.1 Å². The number of likely N-dealkylation sites (tertiary alicyclic amines) is 1. The van der Waals surface area contributed by atoms with E-state index in [1.54, 1.807) is 0 Å². The van der Waals surface area contributed by atoms with Crippen LogP contribution in [0.4, 0.5) is 0 Å². The number of nitrogens with zero attached hydrogens (tertiary/aromatic N) is 2. The summed E-state index contributed by atoms with van der Waals surface area (Å²) in [5.74, 6) is 1.46. The first-order valence-electron chi connectivity index (χ1n) is 11.0. The van der Waals surface area contributed by atoms with Crippen molar-refractivity contribution >= 4 is 29.9 Å². The minimum Gasteiger partial charge on any atom is -0.376 e. The molecule has 29 heavy (non-hydrogen) atoms. The first-order valence-corrected chi connectivity index (χ1v) is 11.0. The van der Waals surface area contributed by atoms with E-state index >= 15 is 0 Å². The third-order valence-electron chi connectivity index (χ3n) is 5.74. The second kappa shape index (κ2) is 12.7. The van der Waals surface area contributed by atoms with Gasteiger partial charge in [0.05, 0.1) is 18.8 Å².